The van der Waals surface area contributed by atoms with E-state index < -0.39 is 11.7 Å². The Morgan fingerprint density at radius 1 is 1.27 bits per heavy atom. The number of aromatic nitrogens is 1. The van der Waals surface area contributed by atoms with Crippen LogP contribution in [0.3, 0.4) is 0 Å². The molecular formula is C20H30N2O4. The van der Waals surface area contributed by atoms with Gasteiger partial charge in [-0.3, -0.25) is 0 Å². The number of para-hydroxylation sites is 2. The van der Waals surface area contributed by atoms with E-state index in [2.05, 4.69) is 10.3 Å². The van der Waals surface area contributed by atoms with Crippen molar-refractivity contribution in [3.8, 4) is 0 Å². The lowest BCUT2D eigenvalue weighted by Gasteiger charge is -2.19. The molecule has 0 fully saturated rings. The number of ether oxygens (including phenoxy) is 1. The fourth-order valence-electron chi connectivity index (χ4n) is 2.69. The predicted molar refractivity (Wildman–Crippen MR) is 101 cm³/mol. The molecule has 0 saturated heterocycles. The molecule has 0 aliphatic carbocycles. The summed E-state index contributed by atoms with van der Waals surface area (Å²) < 4.78 is 10.8. The fourth-order valence-corrected chi connectivity index (χ4v) is 2.69. The van der Waals surface area contributed by atoms with Crippen molar-refractivity contribution in [1.82, 2.24) is 10.3 Å². The largest absolute Gasteiger partial charge is 0.444 e. The Labute approximate surface area is 154 Å². The van der Waals surface area contributed by atoms with E-state index in [1.807, 2.05) is 52.0 Å². The number of fused-ring (bicyclic) bond motifs is 1. The molecule has 6 heteroatoms. The van der Waals surface area contributed by atoms with Gasteiger partial charge in [0.05, 0.1) is 0 Å². The van der Waals surface area contributed by atoms with Crippen LogP contribution >= 0.6 is 0 Å². The maximum absolute atomic E-state index is 11.5. The third kappa shape index (κ3) is 6.33. The van der Waals surface area contributed by atoms with Crippen LogP contribution in [0.4, 0.5) is 4.79 Å². The van der Waals surface area contributed by atoms with Gasteiger partial charge in [0.2, 0.25) is 5.89 Å². The van der Waals surface area contributed by atoms with Crippen LogP contribution in [-0.2, 0) is 4.74 Å². The number of oxazole rings is 1. The zero-order valence-electron chi connectivity index (χ0n) is 16.1. The topological polar surface area (TPSA) is 84.6 Å². The highest BCUT2D eigenvalue weighted by atomic mass is 16.6. The second-order valence-electron chi connectivity index (χ2n) is 7.72. The number of amides is 1. The van der Waals surface area contributed by atoms with Crippen LogP contribution in [0.2, 0.25) is 0 Å². The lowest BCUT2D eigenvalue weighted by Crippen LogP contribution is -2.32. The summed E-state index contributed by atoms with van der Waals surface area (Å²) in [4.78, 5) is 15.9. The number of nitrogens with zero attached hydrogens (tertiary/aromatic N) is 1. The predicted octanol–water partition coefficient (Wildman–Crippen LogP) is 4.58. The van der Waals surface area contributed by atoms with Gasteiger partial charge >= 0.3 is 6.09 Å². The van der Waals surface area contributed by atoms with Gasteiger partial charge in [0.25, 0.3) is 0 Å². The highest BCUT2D eigenvalue weighted by Crippen LogP contribution is 2.28. The summed E-state index contributed by atoms with van der Waals surface area (Å²) >= 11 is 0. The number of unbranched alkanes of at least 4 members (excludes halogenated alkanes) is 2. The van der Waals surface area contributed by atoms with Crippen LogP contribution in [0.1, 0.15) is 65.4 Å². The van der Waals surface area contributed by atoms with E-state index in [0.29, 0.717) is 18.0 Å². The van der Waals surface area contributed by atoms with Gasteiger partial charge in [0, 0.05) is 6.54 Å². The highest BCUT2D eigenvalue weighted by Gasteiger charge is 2.21. The Bertz CT molecular complexity index is 672. The van der Waals surface area contributed by atoms with Crippen molar-refractivity contribution in [3.05, 3.63) is 30.2 Å². The molecule has 6 nitrogen and oxygen atoms in total. The quantitative estimate of drug-likeness (QED) is 0.671. The number of rotatable bonds is 8. The molecule has 0 aliphatic rings. The summed E-state index contributed by atoms with van der Waals surface area (Å²) in [6.45, 7) is 8.12. The maximum Gasteiger partial charge on any atom is 0.407 e. The Balaban J connectivity index is 1.65. The van der Waals surface area contributed by atoms with Gasteiger partial charge in [0.15, 0.2) is 5.58 Å². The Kier molecular flexibility index (Phi) is 7.03. The molecule has 144 valence electrons. The molecular weight excluding hydrogens is 332 g/mol. The molecule has 1 aromatic carbocycles. The summed E-state index contributed by atoms with van der Waals surface area (Å²) in [5.74, 6) is 0.437. The normalized spacial score (nSPS) is 14.2. The molecule has 1 aromatic heterocycles. The Hall–Kier alpha value is -2.08. The second-order valence-corrected chi connectivity index (χ2v) is 7.72. The molecule has 26 heavy (non-hydrogen) atoms. The van der Waals surface area contributed by atoms with E-state index >= 15 is 0 Å². The molecule has 1 unspecified atom stereocenters. The smallest absolute Gasteiger partial charge is 0.407 e. The molecule has 0 saturated carbocycles. The number of alkyl carbamates (subject to hydrolysis) is 1. The Morgan fingerprint density at radius 2 is 2.00 bits per heavy atom. The number of carbonyl (C=O) groups is 1. The first kappa shape index (κ1) is 20.2. The first-order valence-corrected chi connectivity index (χ1v) is 9.26. The zero-order chi connectivity index (χ0) is 19.2. The summed E-state index contributed by atoms with van der Waals surface area (Å²) in [6.07, 6.45) is 2.60. The summed E-state index contributed by atoms with van der Waals surface area (Å²) in [7, 11) is 0. The van der Waals surface area contributed by atoms with Crippen LogP contribution in [0.25, 0.3) is 11.1 Å². The lowest BCUT2D eigenvalue weighted by molar-refractivity contribution is 0.0526. The minimum Gasteiger partial charge on any atom is -0.444 e. The standard InChI is InChI=1S/C20H30N2O4/c1-14(10-6-5-9-13-21-19(24)26-20(2,3)4)17(23)18-22-15-11-7-8-12-16(15)25-18/h7-8,11-12,14,17,23H,5-6,9-10,13H2,1-4H3,(H,21,24)/t14-,17?/m0/s1. The molecule has 0 radical (unpaired) electrons. The fraction of sp³-hybridized carbons (Fsp3) is 0.600. The van der Waals surface area contributed by atoms with E-state index in [1.165, 1.54) is 0 Å². The van der Waals surface area contributed by atoms with Crippen molar-refractivity contribution in [2.75, 3.05) is 6.54 Å². The minimum atomic E-state index is -0.706. The average molecular weight is 362 g/mol. The molecule has 2 rings (SSSR count). The first-order chi connectivity index (χ1) is 12.3. The summed E-state index contributed by atoms with van der Waals surface area (Å²) in [6, 6.07) is 7.51. The third-order valence-electron chi connectivity index (χ3n) is 4.11. The van der Waals surface area contributed by atoms with E-state index in [0.717, 1.165) is 31.2 Å². The van der Waals surface area contributed by atoms with Crippen LogP contribution in [-0.4, -0.2) is 28.3 Å². The molecule has 1 amide bonds. The number of nitrogens with one attached hydrogen (secondary N) is 1. The van der Waals surface area contributed by atoms with Crippen LogP contribution in [0.15, 0.2) is 28.7 Å². The van der Waals surface area contributed by atoms with Gasteiger partial charge in [-0.15, -0.1) is 0 Å². The number of hydrogen-bond acceptors (Lipinski definition) is 5. The van der Waals surface area contributed by atoms with Crippen LogP contribution in [0.5, 0.6) is 0 Å². The Morgan fingerprint density at radius 3 is 2.69 bits per heavy atom. The molecule has 0 spiro atoms. The molecule has 2 aromatic rings. The minimum absolute atomic E-state index is 0.0573. The zero-order valence-corrected chi connectivity index (χ0v) is 16.1. The number of aliphatic hydroxyl groups is 1. The number of benzene rings is 1. The van der Waals surface area contributed by atoms with Gasteiger partial charge < -0.3 is 19.6 Å². The van der Waals surface area contributed by atoms with Gasteiger partial charge in [0.1, 0.15) is 17.2 Å². The SMILES string of the molecule is C[C@@H](CCCCCNC(=O)OC(C)(C)C)C(O)c1nc2ccccc2o1. The van der Waals surface area contributed by atoms with Crippen molar-refractivity contribution in [1.29, 1.82) is 0 Å². The number of carbonyl (C=O) groups excluding carboxylic acids is 1. The first-order valence-electron chi connectivity index (χ1n) is 9.26. The lowest BCUT2D eigenvalue weighted by atomic mass is 9.97. The van der Waals surface area contributed by atoms with Crippen molar-refractivity contribution in [3.63, 3.8) is 0 Å². The molecule has 1 heterocycles. The van der Waals surface area contributed by atoms with Crippen molar-refractivity contribution >= 4 is 17.2 Å². The third-order valence-corrected chi connectivity index (χ3v) is 4.11. The summed E-state index contributed by atoms with van der Waals surface area (Å²) in [5, 5.41) is 13.2. The number of aliphatic hydroxyl groups excluding tert-OH is 1. The second kappa shape index (κ2) is 9.03. The van der Waals surface area contributed by atoms with Crippen molar-refractivity contribution < 1.29 is 19.1 Å². The average Bonchev–Trinajstić information content (AvgIpc) is 2.99. The van der Waals surface area contributed by atoms with E-state index in [1.54, 1.807) is 0 Å². The van der Waals surface area contributed by atoms with Crippen LogP contribution in [0, 0.1) is 5.92 Å². The monoisotopic (exact) mass is 362 g/mol. The molecule has 2 atom stereocenters. The number of hydrogen-bond donors (Lipinski definition) is 2. The van der Waals surface area contributed by atoms with Gasteiger partial charge in [-0.25, -0.2) is 9.78 Å². The van der Waals surface area contributed by atoms with Gasteiger partial charge in [-0.05, 0) is 51.7 Å². The van der Waals surface area contributed by atoms with Gasteiger partial charge in [-0.2, -0.15) is 0 Å². The van der Waals surface area contributed by atoms with E-state index in [9.17, 15) is 9.90 Å². The van der Waals surface area contributed by atoms with Gasteiger partial charge in [-0.1, -0.05) is 31.9 Å². The molecule has 0 bridgehead atoms. The van der Waals surface area contributed by atoms with E-state index in [-0.39, 0.29) is 12.0 Å². The maximum atomic E-state index is 11.5. The molecule has 0 aliphatic heterocycles. The van der Waals surface area contributed by atoms with Crippen molar-refractivity contribution in [2.45, 2.75) is 65.1 Å². The van der Waals surface area contributed by atoms with Crippen molar-refractivity contribution in [2.24, 2.45) is 5.92 Å². The van der Waals surface area contributed by atoms with E-state index in [4.69, 9.17) is 9.15 Å². The van der Waals surface area contributed by atoms with Crippen LogP contribution < -0.4 is 5.32 Å². The molecule has 2 N–H and O–H groups in total. The summed E-state index contributed by atoms with van der Waals surface area (Å²) in [5.41, 5.74) is 0.990. The highest BCUT2D eigenvalue weighted by molar-refractivity contribution is 5.72.